The Balaban J connectivity index is 2.99. The Hall–Kier alpha value is -1.16. The molecule has 0 aliphatic carbocycles. The van der Waals surface area contributed by atoms with Crippen LogP contribution in [0.15, 0.2) is 24.3 Å². The van der Waals surface area contributed by atoms with Crippen molar-refractivity contribution in [2.45, 2.75) is 19.4 Å². The van der Waals surface area contributed by atoms with Gasteiger partial charge in [0.1, 0.15) is 5.75 Å². The van der Waals surface area contributed by atoms with E-state index in [2.05, 4.69) is 5.32 Å². The fourth-order valence-corrected chi connectivity index (χ4v) is 1.44. The second-order valence-electron chi connectivity index (χ2n) is 3.07. The van der Waals surface area contributed by atoms with Crippen molar-refractivity contribution in [2.75, 3.05) is 13.7 Å². The van der Waals surface area contributed by atoms with Gasteiger partial charge in [0.05, 0.1) is 12.6 Å². The van der Waals surface area contributed by atoms with E-state index in [1.165, 1.54) is 7.05 Å². The van der Waals surface area contributed by atoms with E-state index in [9.17, 15) is 8.78 Å². The molecule has 0 aliphatic rings. The molecular weight excluding hydrogens is 200 g/mol. The van der Waals surface area contributed by atoms with E-state index in [1.807, 2.05) is 6.92 Å². The van der Waals surface area contributed by atoms with Gasteiger partial charge in [0.25, 0.3) is 6.43 Å². The number of hydrogen-bond donors (Lipinski definition) is 1. The van der Waals surface area contributed by atoms with Crippen LogP contribution in [0.1, 0.15) is 18.5 Å². The van der Waals surface area contributed by atoms with E-state index >= 15 is 0 Å². The number of ether oxygens (including phenoxy) is 1. The molecular formula is C11H15F2NO. The van der Waals surface area contributed by atoms with Gasteiger partial charge in [0, 0.05) is 5.56 Å². The molecule has 0 fully saturated rings. The van der Waals surface area contributed by atoms with Crippen LogP contribution in [0, 0.1) is 0 Å². The molecule has 0 aromatic heterocycles. The Bertz CT molecular complexity index is 304. The zero-order valence-corrected chi connectivity index (χ0v) is 8.84. The molecule has 0 aliphatic heterocycles. The number of rotatable bonds is 5. The van der Waals surface area contributed by atoms with E-state index in [0.717, 1.165) is 0 Å². The van der Waals surface area contributed by atoms with Crippen molar-refractivity contribution in [3.05, 3.63) is 29.8 Å². The van der Waals surface area contributed by atoms with Gasteiger partial charge in [0.15, 0.2) is 0 Å². The topological polar surface area (TPSA) is 21.3 Å². The zero-order chi connectivity index (χ0) is 11.3. The summed E-state index contributed by atoms with van der Waals surface area (Å²) in [6.45, 7) is 2.30. The molecule has 0 saturated carbocycles. The summed E-state index contributed by atoms with van der Waals surface area (Å²) in [6.07, 6.45) is -2.45. The summed E-state index contributed by atoms with van der Waals surface area (Å²) in [4.78, 5) is 0. The minimum atomic E-state index is -2.45. The molecule has 1 aromatic rings. The average Bonchev–Trinajstić information content (AvgIpc) is 2.21. The van der Waals surface area contributed by atoms with E-state index in [-0.39, 0.29) is 0 Å². The molecule has 1 atom stereocenters. The van der Waals surface area contributed by atoms with E-state index in [0.29, 0.717) is 17.9 Å². The van der Waals surface area contributed by atoms with Gasteiger partial charge in [0.2, 0.25) is 0 Å². The highest BCUT2D eigenvalue weighted by Gasteiger charge is 2.23. The summed E-state index contributed by atoms with van der Waals surface area (Å²) in [5, 5.41) is 2.59. The highest BCUT2D eigenvalue weighted by atomic mass is 19.3. The van der Waals surface area contributed by atoms with E-state index in [4.69, 9.17) is 4.74 Å². The van der Waals surface area contributed by atoms with Crippen LogP contribution in [0.5, 0.6) is 5.75 Å². The van der Waals surface area contributed by atoms with Gasteiger partial charge in [-0.1, -0.05) is 18.2 Å². The Morgan fingerprint density at radius 2 is 2.00 bits per heavy atom. The Morgan fingerprint density at radius 3 is 2.53 bits per heavy atom. The van der Waals surface area contributed by atoms with Gasteiger partial charge >= 0.3 is 0 Å². The van der Waals surface area contributed by atoms with Gasteiger partial charge < -0.3 is 10.1 Å². The first-order valence-electron chi connectivity index (χ1n) is 4.87. The van der Waals surface area contributed by atoms with Crippen LogP contribution < -0.4 is 10.1 Å². The standard InChI is InChI=1S/C11H15F2NO/c1-3-15-9-7-5-4-6-8(9)10(14-2)11(12)13/h4-7,10-11,14H,3H2,1-2H3. The monoisotopic (exact) mass is 215 g/mol. The predicted octanol–water partition coefficient (Wildman–Crippen LogP) is 2.61. The molecule has 1 rings (SSSR count). The highest BCUT2D eigenvalue weighted by molar-refractivity contribution is 5.36. The summed E-state index contributed by atoms with van der Waals surface area (Å²) in [7, 11) is 1.51. The van der Waals surface area contributed by atoms with Gasteiger partial charge in [-0.3, -0.25) is 0 Å². The molecule has 0 saturated heterocycles. The molecule has 15 heavy (non-hydrogen) atoms. The van der Waals surface area contributed by atoms with Crippen molar-refractivity contribution in [1.29, 1.82) is 0 Å². The number of nitrogens with one attached hydrogen (secondary N) is 1. The summed E-state index contributed by atoms with van der Waals surface area (Å²) < 4.78 is 30.7. The maximum absolute atomic E-state index is 12.7. The highest BCUT2D eigenvalue weighted by Crippen LogP contribution is 2.28. The minimum Gasteiger partial charge on any atom is -0.494 e. The van der Waals surface area contributed by atoms with E-state index in [1.54, 1.807) is 24.3 Å². The third kappa shape index (κ3) is 2.89. The molecule has 0 bridgehead atoms. The largest absolute Gasteiger partial charge is 0.494 e. The first-order valence-corrected chi connectivity index (χ1v) is 4.87. The lowest BCUT2D eigenvalue weighted by atomic mass is 10.1. The SMILES string of the molecule is CCOc1ccccc1C(NC)C(F)F. The van der Waals surface area contributed by atoms with Crippen LogP contribution in [0.25, 0.3) is 0 Å². The number of para-hydroxylation sites is 1. The van der Waals surface area contributed by atoms with Crippen LogP contribution in [0.3, 0.4) is 0 Å². The summed E-state index contributed by atoms with van der Waals surface area (Å²) in [5.41, 5.74) is 0.497. The smallest absolute Gasteiger partial charge is 0.257 e. The number of benzene rings is 1. The molecule has 1 N–H and O–H groups in total. The molecule has 84 valence electrons. The zero-order valence-electron chi connectivity index (χ0n) is 8.84. The second-order valence-corrected chi connectivity index (χ2v) is 3.07. The van der Waals surface area contributed by atoms with Crippen LogP contribution in [0.4, 0.5) is 8.78 Å². The third-order valence-corrected chi connectivity index (χ3v) is 2.12. The molecule has 1 aromatic carbocycles. The van der Waals surface area contributed by atoms with Crippen LogP contribution in [-0.2, 0) is 0 Å². The lowest BCUT2D eigenvalue weighted by Gasteiger charge is -2.18. The lowest BCUT2D eigenvalue weighted by molar-refractivity contribution is 0.101. The summed E-state index contributed by atoms with van der Waals surface area (Å²) >= 11 is 0. The maximum atomic E-state index is 12.7. The molecule has 2 nitrogen and oxygen atoms in total. The van der Waals surface area contributed by atoms with Gasteiger partial charge in [-0.05, 0) is 20.0 Å². The second kappa shape index (κ2) is 5.66. The first-order chi connectivity index (χ1) is 7.20. The van der Waals surface area contributed by atoms with Crippen molar-refractivity contribution >= 4 is 0 Å². The molecule has 0 radical (unpaired) electrons. The quantitative estimate of drug-likeness (QED) is 0.815. The number of alkyl halides is 2. The molecule has 1 unspecified atom stereocenters. The lowest BCUT2D eigenvalue weighted by Crippen LogP contribution is -2.24. The van der Waals surface area contributed by atoms with Crippen molar-refractivity contribution in [1.82, 2.24) is 5.32 Å². The van der Waals surface area contributed by atoms with Gasteiger partial charge in [-0.15, -0.1) is 0 Å². The normalized spacial score (nSPS) is 12.9. The minimum absolute atomic E-state index is 0.469. The maximum Gasteiger partial charge on any atom is 0.257 e. The summed E-state index contributed by atoms with van der Waals surface area (Å²) in [6, 6.07) is 5.87. The van der Waals surface area contributed by atoms with Crippen LogP contribution in [0.2, 0.25) is 0 Å². The molecule has 0 spiro atoms. The van der Waals surface area contributed by atoms with Crippen molar-refractivity contribution in [2.24, 2.45) is 0 Å². The summed E-state index contributed by atoms with van der Waals surface area (Å²) in [5.74, 6) is 0.514. The first kappa shape index (κ1) is 11.9. The fraction of sp³-hybridized carbons (Fsp3) is 0.455. The van der Waals surface area contributed by atoms with Gasteiger partial charge in [-0.25, -0.2) is 8.78 Å². The predicted molar refractivity (Wildman–Crippen MR) is 55.4 cm³/mol. The molecule has 0 amide bonds. The van der Waals surface area contributed by atoms with E-state index < -0.39 is 12.5 Å². The average molecular weight is 215 g/mol. The fourth-order valence-electron chi connectivity index (χ4n) is 1.44. The van der Waals surface area contributed by atoms with Crippen molar-refractivity contribution in [3.8, 4) is 5.75 Å². The van der Waals surface area contributed by atoms with Crippen LogP contribution in [-0.4, -0.2) is 20.1 Å². The Kier molecular flexibility index (Phi) is 4.49. The van der Waals surface area contributed by atoms with Crippen LogP contribution >= 0.6 is 0 Å². The van der Waals surface area contributed by atoms with Gasteiger partial charge in [-0.2, -0.15) is 0 Å². The molecule has 0 heterocycles. The molecule has 4 heteroatoms. The van der Waals surface area contributed by atoms with Crippen molar-refractivity contribution < 1.29 is 13.5 Å². The third-order valence-electron chi connectivity index (χ3n) is 2.12. The Morgan fingerprint density at radius 1 is 1.33 bits per heavy atom. The number of hydrogen-bond acceptors (Lipinski definition) is 2. The van der Waals surface area contributed by atoms with Crippen molar-refractivity contribution in [3.63, 3.8) is 0 Å². The Labute approximate surface area is 88.3 Å². The number of halogens is 2.